The third-order valence-electron chi connectivity index (χ3n) is 3.01. The van der Waals surface area contributed by atoms with Crippen LogP contribution < -0.4 is 4.74 Å². The van der Waals surface area contributed by atoms with Gasteiger partial charge in [-0.15, -0.1) is 0 Å². The van der Waals surface area contributed by atoms with Crippen molar-refractivity contribution in [3.05, 3.63) is 65.2 Å². The monoisotopic (exact) mass is 290 g/mol. The summed E-state index contributed by atoms with van der Waals surface area (Å²) in [6, 6.07) is 9.32. The van der Waals surface area contributed by atoms with Gasteiger partial charge in [-0.25, -0.2) is 8.78 Å². The highest BCUT2D eigenvalue weighted by atomic mass is 19.1. The van der Waals surface area contributed by atoms with Crippen LogP contribution in [0.3, 0.4) is 0 Å². The van der Waals surface area contributed by atoms with E-state index >= 15 is 0 Å². The Morgan fingerprint density at radius 3 is 2.19 bits per heavy atom. The maximum atomic E-state index is 13.1. The van der Waals surface area contributed by atoms with Crippen LogP contribution in [0, 0.1) is 11.6 Å². The lowest BCUT2D eigenvalue weighted by atomic mass is 10.0. The molecule has 2 rings (SSSR count). The van der Waals surface area contributed by atoms with Gasteiger partial charge in [-0.05, 0) is 42.8 Å². The summed E-state index contributed by atoms with van der Waals surface area (Å²) >= 11 is 0. The zero-order valence-corrected chi connectivity index (χ0v) is 11.7. The van der Waals surface area contributed by atoms with E-state index in [1.807, 2.05) is 0 Å². The van der Waals surface area contributed by atoms with Gasteiger partial charge in [0.2, 0.25) is 0 Å². The van der Waals surface area contributed by atoms with Gasteiger partial charge < -0.3 is 4.74 Å². The summed E-state index contributed by atoms with van der Waals surface area (Å²) in [5.74, 6) is -1.28. The Bertz CT molecular complexity index is 601. The fraction of sp³-hybridized carbons (Fsp3) is 0.235. The summed E-state index contributed by atoms with van der Waals surface area (Å²) in [4.78, 5) is 12.1. The quantitative estimate of drug-likeness (QED) is 0.583. The lowest BCUT2D eigenvalue weighted by Crippen LogP contribution is -2.03. The van der Waals surface area contributed by atoms with Gasteiger partial charge in [0.15, 0.2) is 5.78 Å². The Balaban J connectivity index is 2.12. The largest absolute Gasteiger partial charge is 0.494 e. The van der Waals surface area contributed by atoms with E-state index in [0.29, 0.717) is 17.9 Å². The van der Waals surface area contributed by atoms with Crippen molar-refractivity contribution < 1.29 is 18.3 Å². The first-order valence-corrected chi connectivity index (χ1v) is 6.84. The molecule has 0 aliphatic heterocycles. The van der Waals surface area contributed by atoms with E-state index in [1.54, 1.807) is 24.3 Å². The second-order valence-corrected chi connectivity index (χ2v) is 4.71. The Hall–Kier alpha value is -2.23. The molecule has 0 aliphatic carbocycles. The van der Waals surface area contributed by atoms with Gasteiger partial charge in [-0.2, -0.15) is 0 Å². The molecule has 110 valence electrons. The van der Waals surface area contributed by atoms with E-state index in [1.165, 1.54) is 0 Å². The van der Waals surface area contributed by atoms with Crippen LogP contribution in [0.25, 0.3) is 0 Å². The normalized spacial score (nSPS) is 10.4. The smallest absolute Gasteiger partial charge is 0.193 e. The molecule has 4 heteroatoms. The number of halogens is 2. The molecule has 0 amide bonds. The molecule has 0 bridgehead atoms. The van der Waals surface area contributed by atoms with Gasteiger partial charge in [-0.1, -0.05) is 13.3 Å². The minimum absolute atomic E-state index is 0.00727. The average molecular weight is 290 g/mol. The molecule has 0 spiro atoms. The molecule has 2 aromatic carbocycles. The Kier molecular flexibility index (Phi) is 5.04. The third kappa shape index (κ3) is 4.12. The number of ketones is 1. The highest BCUT2D eigenvalue weighted by Gasteiger charge is 2.11. The number of hydrogen-bond acceptors (Lipinski definition) is 2. The molecule has 0 atom stereocenters. The number of carbonyl (C=O) groups is 1. The molecule has 2 aromatic rings. The summed E-state index contributed by atoms with van der Waals surface area (Å²) in [5.41, 5.74) is 0.356. The molecule has 0 unspecified atom stereocenters. The van der Waals surface area contributed by atoms with Gasteiger partial charge in [-0.3, -0.25) is 4.79 Å². The molecule has 0 aliphatic rings. The molecular formula is C17H16F2O2. The zero-order chi connectivity index (χ0) is 15.2. The predicted molar refractivity (Wildman–Crippen MR) is 76.6 cm³/mol. The Morgan fingerprint density at radius 1 is 1.00 bits per heavy atom. The molecule has 21 heavy (non-hydrogen) atoms. The number of unbranched alkanes of at least 4 members (excludes halogenated alkanes) is 1. The van der Waals surface area contributed by atoms with Crippen molar-refractivity contribution in [2.24, 2.45) is 0 Å². The van der Waals surface area contributed by atoms with Gasteiger partial charge in [0, 0.05) is 17.2 Å². The van der Waals surface area contributed by atoms with E-state index in [0.717, 1.165) is 31.0 Å². The molecule has 0 fully saturated rings. The van der Waals surface area contributed by atoms with E-state index < -0.39 is 17.4 Å². The van der Waals surface area contributed by atoms with E-state index in [2.05, 4.69) is 6.92 Å². The minimum atomic E-state index is -0.766. The van der Waals surface area contributed by atoms with Crippen LogP contribution >= 0.6 is 0 Å². The number of carbonyl (C=O) groups excluding carboxylic acids is 1. The minimum Gasteiger partial charge on any atom is -0.494 e. The highest BCUT2D eigenvalue weighted by Crippen LogP contribution is 2.17. The first kappa shape index (κ1) is 15.2. The molecule has 0 saturated heterocycles. The van der Waals surface area contributed by atoms with Gasteiger partial charge in [0.05, 0.1) is 6.61 Å². The molecule has 0 heterocycles. The average Bonchev–Trinajstić information content (AvgIpc) is 2.46. The first-order chi connectivity index (χ1) is 10.1. The van der Waals surface area contributed by atoms with Crippen LogP contribution in [0.2, 0.25) is 0 Å². The molecule has 0 saturated carbocycles. The van der Waals surface area contributed by atoms with Crippen LogP contribution in [-0.2, 0) is 0 Å². The van der Waals surface area contributed by atoms with Gasteiger partial charge >= 0.3 is 0 Å². The predicted octanol–water partition coefficient (Wildman–Crippen LogP) is 4.37. The number of benzene rings is 2. The third-order valence-corrected chi connectivity index (χ3v) is 3.01. The summed E-state index contributed by atoms with van der Waals surface area (Å²) in [6.45, 7) is 2.70. The summed E-state index contributed by atoms with van der Waals surface area (Å²) in [7, 11) is 0. The fourth-order valence-electron chi connectivity index (χ4n) is 1.89. The molecular weight excluding hydrogens is 274 g/mol. The topological polar surface area (TPSA) is 26.3 Å². The van der Waals surface area contributed by atoms with Crippen molar-refractivity contribution in [2.75, 3.05) is 6.61 Å². The fourth-order valence-corrected chi connectivity index (χ4v) is 1.89. The first-order valence-electron chi connectivity index (χ1n) is 6.84. The van der Waals surface area contributed by atoms with Crippen molar-refractivity contribution in [3.63, 3.8) is 0 Å². The Labute approximate surface area is 122 Å². The Morgan fingerprint density at radius 2 is 1.62 bits per heavy atom. The molecule has 0 aromatic heterocycles. The van der Waals surface area contributed by atoms with Crippen LogP contribution in [0.4, 0.5) is 8.78 Å². The van der Waals surface area contributed by atoms with Crippen LogP contribution in [0.5, 0.6) is 5.75 Å². The lowest BCUT2D eigenvalue weighted by Gasteiger charge is -2.06. The van der Waals surface area contributed by atoms with E-state index in [4.69, 9.17) is 4.74 Å². The van der Waals surface area contributed by atoms with Crippen LogP contribution in [-0.4, -0.2) is 12.4 Å². The molecule has 2 nitrogen and oxygen atoms in total. The van der Waals surface area contributed by atoms with Crippen molar-refractivity contribution >= 4 is 5.78 Å². The van der Waals surface area contributed by atoms with Crippen LogP contribution in [0.1, 0.15) is 35.7 Å². The zero-order valence-electron chi connectivity index (χ0n) is 11.7. The van der Waals surface area contributed by atoms with Crippen molar-refractivity contribution in [3.8, 4) is 5.75 Å². The van der Waals surface area contributed by atoms with Gasteiger partial charge in [0.25, 0.3) is 0 Å². The second-order valence-electron chi connectivity index (χ2n) is 4.71. The SMILES string of the molecule is CCCCOc1ccc(C(=O)c2cc(F)cc(F)c2)cc1. The lowest BCUT2D eigenvalue weighted by molar-refractivity contribution is 0.103. The number of ether oxygens (including phenoxy) is 1. The van der Waals surface area contributed by atoms with Crippen molar-refractivity contribution in [1.29, 1.82) is 0 Å². The standard InChI is InChI=1S/C17H16F2O2/c1-2-3-8-21-16-6-4-12(5-7-16)17(20)13-9-14(18)11-15(19)10-13/h4-7,9-11H,2-3,8H2,1H3. The molecule has 0 radical (unpaired) electrons. The maximum absolute atomic E-state index is 13.1. The number of rotatable bonds is 6. The van der Waals surface area contributed by atoms with E-state index in [-0.39, 0.29) is 5.56 Å². The van der Waals surface area contributed by atoms with Gasteiger partial charge in [0.1, 0.15) is 17.4 Å². The van der Waals surface area contributed by atoms with Crippen LogP contribution in [0.15, 0.2) is 42.5 Å². The summed E-state index contributed by atoms with van der Waals surface area (Å²) in [5, 5.41) is 0. The second kappa shape index (κ2) is 6.97. The number of hydrogen-bond donors (Lipinski definition) is 0. The summed E-state index contributed by atoms with van der Waals surface area (Å²) < 4.78 is 31.8. The van der Waals surface area contributed by atoms with E-state index in [9.17, 15) is 13.6 Å². The van der Waals surface area contributed by atoms with Crippen molar-refractivity contribution in [2.45, 2.75) is 19.8 Å². The summed E-state index contributed by atoms with van der Waals surface area (Å²) in [6.07, 6.45) is 2.00. The highest BCUT2D eigenvalue weighted by molar-refractivity contribution is 6.09. The van der Waals surface area contributed by atoms with Crippen molar-refractivity contribution in [1.82, 2.24) is 0 Å². The molecule has 0 N–H and O–H groups in total. The maximum Gasteiger partial charge on any atom is 0.193 e.